The molecule has 0 saturated heterocycles. The van der Waals surface area contributed by atoms with Gasteiger partial charge in [0.05, 0.1) is 12.5 Å². The Morgan fingerprint density at radius 3 is 2.94 bits per heavy atom. The van der Waals surface area contributed by atoms with E-state index >= 15 is 0 Å². The lowest BCUT2D eigenvalue weighted by atomic mass is 10.0. The number of carbonyl (C=O) groups excluding carboxylic acids is 2. The molecule has 0 bridgehead atoms. The summed E-state index contributed by atoms with van der Waals surface area (Å²) in [6.07, 6.45) is 0.903. The summed E-state index contributed by atoms with van der Waals surface area (Å²) in [6, 6.07) is 5.23. The number of amides is 2. The Kier molecular flexibility index (Phi) is 3.34. The summed E-state index contributed by atoms with van der Waals surface area (Å²) in [5.74, 6) is -0.0820. The molecule has 1 aliphatic rings. The number of rotatable bonds is 3. The van der Waals surface area contributed by atoms with Gasteiger partial charge in [0.1, 0.15) is 0 Å². The van der Waals surface area contributed by atoms with E-state index in [1.165, 1.54) is 0 Å². The van der Waals surface area contributed by atoms with Gasteiger partial charge in [0.2, 0.25) is 11.8 Å². The van der Waals surface area contributed by atoms with Crippen LogP contribution in [0.1, 0.15) is 11.1 Å². The van der Waals surface area contributed by atoms with Crippen molar-refractivity contribution in [2.45, 2.75) is 18.9 Å². The molecule has 5 heteroatoms. The van der Waals surface area contributed by atoms with Crippen LogP contribution in [-0.4, -0.2) is 32.0 Å². The highest BCUT2D eigenvalue weighted by molar-refractivity contribution is 6.00. The van der Waals surface area contributed by atoms with Crippen molar-refractivity contribution in [1.29, 1.82) is 0 Å². The fourth-order valence-electron chi connectivity index (χ4n) is 2.18. The summed E-state index contributed by atoms with van der Waals surface area (Å²) in [7, 11) is 3.34. The van der Waals surface area contributed by atoms with Crippen LogP contribution in [-0.2, 0) is 22.4 Å². The predicted octanol–water partition coefficient (Wildman–Crippen LogP) is -0.179. The van der Waals surface area contributed by atoms with Gasteiger partial charge in [0, 0.05) is 19.8 Å². The number of nitrogens with zero attached hydrogens (tertiary/aromatic N) is 1. The van der Waals surface area contributed by atoms with Crippen molar-refractivity contribution in [3.8, 4) is 0 Å². The van der Waals surface area contributed by atoms with Gasteiger partial charge in [0.25, 0.3) is 0 Å². The van der Waals surface area contributed by atoms with Gasteiger partial charge in [-0.25, -0.2) is 0 Å². The van der Waals surface area contributed by atoms with Gasteiger partial charge in [-0.05, 0) is 23.6 Å². The van der Waals surface area contributed by atoms with Crippen LogP contribution in [0.2, 0.25) is 0 Å². The van der Waals surface area contributed by atoms with Gasteiger partial charge >= 0.3 is 0 Å². The molecule has 3 N–H and O–H groups in total. The summed E-state index contributed by atoms with van der Waals surface area (Å²) in [5, 5.41) is 2.53. The second-order valence-corrected chi connectivity index (χ2v) is 4.52. The largest absolute Gasteiger partial charge is 0.358 e. The Bertz CT molecular complexity index is 499. The maximum Gasteiger partial charge on any atom is 0.237 e. The lowest BCUT2D eigenvalue weighted by Crippen LogP contribution is -2.40. The molecule has 0 aromatic heterocycles. The van der Waals surface area contributed by atoms with Gasteiger partial charge < -0.3 is 16.0 Å². The Hall–Kier alpha value is -1.88. The van der Waals surface area contributed by atoms with Crippen molar-refractivity contribution >= 4 is 17.5 Å². The smallest absolute Gasteiger partial charge is 0.237 e. The van der Waals surface area contributed by atoms with Crippen LogP contribution in [0.4, 0.5) is 5.69 Å². The minimum Gasteiger partial charge on any atom is -0.358 e. The Morgan fingerprint density at radius 1 is 1.56 bits per heavy atom. The van der Waals surface area contributed by atoms with E-state index in [0.29, 0.717) is 12.8 Å². The third-order valence-electron chi connectivity index (χ3n) is 3.26. The first kappa shape index (κ1) is 12.6. The van der Waals surface area contributed by atoms with Crippen LogP contribution in [0, 0.1) is 0 Å². The minimum absolute atomic E-state index is 0.0951. The SMILES string of the molecule is CNC(=O)C(N)Cc1ccc2c(c1)CC(=O)N2C. The number of nitrogens with two attached hydrogens (primary N) is 1. The first-order chi connectivity index (χ1) is 8.52. The Morgan fingerprint density at radius 2 is 2.28 bits per heavy atom. The molecule has 1 aliphatic heterocycles. The number of anilines is 1. The van der Waals surface area contributed by atoms with E-state index in [1.54, 1.807) is 19.0 Å². The van der Waals surface area contributed by atoms with Gasteiger partial charge in [-0.2, -0.15) is 0 Å². The number of fused-ring (bicyclic) bond motifs is 1. The molecule has 5 nitrogen and oxygen atoms in total. The van der Waals surface area contributed by atoms with Crippen molar-refractivity contribution in [3.05, 3.63) is 29.3 Å². The van der Waals surface area contributed by atoms with Crippen molar-refractivity contribution < 1.29 is 9.59 Å². The minimum atomic E-state index is -0.553. The summed E-state index contributed by atoms with van der Waals surface area (Å²) in [5.41, 5.74) is 8.70. The zero-order valence-corrected chi connectivity index (χ0v) is 10.6. The van der Waals surface area contributed by atoms with Crippen LogP contribution in [0.25, 0.3) is 0 Å². The molecule has 2 amide bonds. The third kappa shape index (κ3) is 2.22. The molecule has 1 aromatic rings. The van der Waals surface area contributed by atoms with E-state index in [0.717, 1.165) is 16.8 Å². The second-order valence-electron chi connectivity index (χ2n) is 4.52. The van der Waals surface area contributed by atoms with Gasteiger partial charge in [-0.3, -0.25) is 9.59 Å². The molecular weight excluding hydrogens is 230 g/mol. The summed E-state index contributed by atoms with van der Waals surface area (Å²) in [6.45, 7) is 0. The zero-order chi connectivity index (χ0) is 13.3. The topological polar surface area (TPSA) is 75.4 Å². The molecule has 1 heterocycles. The molecule has 1 atom stereocenters. The fourth-order valence-corrected chi connectivity index (χ4v) is 2.18. The van der Waals surface area contributed by atoms with Crippen LogP contribution in [0.3, 0.4) is 0 Å². The first-order valence-electron chi connectivity index (χ1n) is 5.88. The Labute approximate surface area is 106 Å². The normalized spacial score (nSPS) is 15.5. The van der Waals surface area contributed by atoms with Crippen LogP contribution in [0.5, 0.6) is 0 Å². The number of nitrogens with one attached hydrogen (secondary N) is 1. The quantitative estimate of drug-likeness (QED) is 0.778. The number of hydrogen-bond acceptors (Lipinski definition) is 3. The zero-order valence-electron chi connectivity index (χ0n) is 10.6. The van der Waals surface area contributed by atoms with Crippen LogP contribution >= 0.6 is 0 Å². The molecule has 1 aromatic carbocycles. The average molecular weight is 247 g/mol. The molecular formula is C13H17N3O2. The highest BCUT2D eigenvalue weighted by atomic mass is 16.2. The second kappa shape index (κ2) is 4.78. The van der Waals surface area contributed by atoms with E-state index in [9.17, 15) is 9.59 Å². The standard InChI is InChI=1S/C13H17N3O2/c1-15-13(18)10(14)6-8-3-4-11-9(5-8)7-12(17)16(11)2/h3-5,10H,6-7,14H2,1-2H3,(H,15,18). The molecule has 0 radical (unpaired) electrons. The maximum atomic E-state index is 11.6. The van der Waals surface area contributed by atoms with Crippen molar-refractivity contribution in [3.63, 3.8) is 0 Å². The molecule has 0 fully saturated rings. The monoisotopic (exact) mass is 247 g/mol. The molecule has 0 spiro atoms. The van der Waals surface area contributed by atoms with E-state index in [4.69, 9.17) is 5.73 Å². The molecule has 0 saturated carbocycles. The van der Waals surface area contributed by atoms with Gasteiger partial charge in [-0.15, -0.1) is 0 Å². The highest BCUT2D eigenvalue weighted by Gasteiger charge is 2.24. The third-order valence-corrected chi connectivity index (χ3v) is 3.26. The van der Waals surface area contributed by atoms with Crippen molar-refractivity contribution in [2.75, 3.05) is 19.0 Å². The molecule has 18 heavy (non-hydrogen) atoms. The van der Waals surface area contributed by atoms with Gasteiger partial charge in [0.15, 0.2) is 0 Å². The summed E-state index contributed by atoms with van der Waals surface area (Å²) in [4.78, 5) is 24.6. The molecule has 0 aliphatic carbocycles. The molecule has 2 rings (SSSR count). The van der Waals surface area contributed by atoms with Crippen molar-refractivity contribution in [2.24, 2.45) is 5.73 Å². The predicted molar refractivity (Wildman–Crippen MR) is 69.3 cm³/mol. The lowest BCUT2D eigenvalue weighted by molar-refractivity contribution is -0.121. The number of likely N-dealkylation sites (N-methyl/N-ethyl adjacent to an activating group) is 2. The van der Waals surface area contributed by atoms with Gasteiger partial charge in [-0.1, -0.05) is 12.1 Å². The summed E-state index contributed by atoms with van der Waals surface area (Å²) < 4.78 is 0. The van der Waals surface area contributed by atoms with Crippen molar-refractivity contribution in [1.82, 2.24) is 5.32 Å². The van der Waals surface area contributed by atoms with E-state index < -0.39 is 6.04 Å². The average Bonchev–Trinajstić information content (AvgIpc) is 2.63. The fraction of sp³-hybridized carbons (Fsp3) is 0.385. The first-order valence-corrected chi connectivity index (χ1v) is 5.88. The molecule has 96 valence electrons. The number of benzene rings is 1. The Balaban J connectivity index is 2.16. The lowest BCUT2D eigenvalue weighted by Gasteiger charge is -2.12. The molecule has 1 unspecified atom stereocenters. The maximum absolute atomic E-state index is 11.6. The van der Waals surface area contributed by atoms with Crippen LogP contribution < -0.4 is 16.0 Å². The highest BCUT2D eigenvalue weighted by Crippen LogP contribution is 2.28. The summed E-state index contributed by atoms with van der Waals surface area (Å²) >= 11 is 0. The number of hydrogen-bond donors (Lipinski definition) is 2. The van der Waals surface area contributed by atoms with E-state index in [1.807, 2.05) is 18.2 Å². The van der Waals surface area contributed by atoms with Crippen LogP contribution in [0.15, 0.2) is 18.2 Å². The van der Waals surface area contributed by atoms with E-state index in [2.05, 4.69) is 5.32 Å². The van der Waals surface area contributed by atoms with E-state index in [-0.39, 0.29) is 11.8 Å². The number of carbonyl (C=O) groups is 2.